The minimum atomic E-state index is -0.905. The lowest BCUT2D eigenvalue weighted by molar-refractivity contribution is -0.132. The lowest BCUT2D eigenvalue weighted by atomic mass is 9.95. The summed E-state index contributed by atoms with van der Waals surface area (Å²) in [5.41, 5.74) is 2.11. The van der Waals surface area contributed by atoms with Gasteiger partial charge < -0.3 is 9.84 Å². The summed E-state index contributed by atoms with van der Waals surface area (Å²) in [6.45, 7) is 2.68. The van der Waals surface area contributed by atoms with E-state index in [1.807, 2.05) is 30.3 Å². The largest absolute Gasteiger partial charge is 0.507 e. The number of rotatable bonds is 10. The van der Waals surface area contributed by atoms with Crippen LogP contribution in [0.5, 0.6) is 5.75 Å². The number of nitrogens with zero attached hydrogens (tertiary/aromatic N) is 3. The molecule has 1 unspecified atom stereocenters. The number of benzene rings is 3. The van der Waals surface area contributed by atoms with Gasteiger partial charge in [0.25, 0.3) is 5.78 Å². The van der Waals surface area contributed by atoms with Gasteiger partial charge in [0, 0.05) is 16.3 Å². The zero-order valence-corrected chi connectivity index (χ0v) is 24.0. The third kappa shape index (κ3) is 6.06. The Labute approximate surface area is 245 Å². The molecule has 1 N–H and O–H groups in total. The number of anilines is 1. The lowest BCUT2D eigenvalue weighted by Gasteiger charge is -2.22. The monoisotopic (exact) mass is 591 g/mol. The summed E-state index contributed by atoms with van der Waals surface area (Å²) in [4.78, 5) is 28.1. The van der Waals surface area contributed by atoms with E-state index in [0.717, 1.165) is 18.4 Å². The maximum atomic E-state index is 13.4. The predicted octanol–water partition coefficient (Wildman–Crippen LogP) is 7.29. The second kappa shape index (κ2) is 12.7. The molecule has 3 aromatic carbocycles. The van der Waals surface area contributed by atoms with Gasteiger partial charge in [-0.2, -0.15) is 0 Å². The van der Waals surface area contributed by atoms with Crippen molar-refractivity contribution in [2.45, 2.75) is 35.9 Å². The van der Waals surface area contributed by atoms with Crippen LogP contribution in [0.2, 0.25) is 5.02 Å². The van der Waals surface area contributed by atoms with Crippen molar-refractivity contribution in [3.05, 3.63) is 106 Å². The minimum Gasteiger partial charge on any atom is -0.507 e. The zero-order valence-electron chi connectivity index (χ0n) is 21.6. The van der Waals surface area contributed by atoms with Crippen molar-refractivity contribution < 1.29 is 19.4 Å². The van der Waals surface area contributed by atoms with E-state index in [4.69, 9.17) is 16.3 Å². The smallest absolute Gasteiger partial charge is 0.301 e. The quantitative estimate of drug-likeness (QED) is 0.0517. The highest BCUT2D eigenvalue weighted by molar-refractivity contribution is 8.00. The van der Waals surface area contributed by atoms with Crippen molar-refractivity contribution in [2.75, 3.05) is 11.5 Å². The second-order valence-electron chi connectivity index (χ2n) is 9.07. The van der Waals surface area contributed by atoms with Crippen LogP contribution in [0.25, 0.3) is 5.76 Å². The van der Waals surface area contributed by atoms with Crippen LogP contribution in [0, 0.1) is 0 Å². The summed E-state index contributed by atoms with van der Waals surface area (Å²) < 4.78 is 6.38. The first-order valence-corrected chi connectivity index (χ1v) is 14.9. The molecule has 1 saturated heterocycles. The minimum absolute atomic E-state index is 0.0272. The molecule has 0 bridgehead atoms. The highest BCUT2D eigenvalue weighted by Gasteiger charge is 2.48. The van der Waals surface area contributed by atoms with Crippen molar-refractivity contribution in [1.29, 1.82) is 0 Å². The summed E-state index contributed by atoms with van der Waals surface area (Å²) in [6.07, 6.45) is 1.95. The average molecular weight is 592 g/mol. The first kappa shape index (κ1) is 27.9. The summed E-state index contributed by atoms with van der Waals surface area (Å²) in [5.74, 6) is -0.503. The van der Waals surface area contributed by atoms with Crippen LogP contribution >= 0.6 is 34.7 Å². The second-order valence-corrected chi connectivity index (χ2v) is 11.7. The number of carbonyl (C=O) groups excluding carboxylic acids is 2. The molecule has 5 rings (SSSR count). The van der Waals surface area contributed by atoms with Gasteiger partial charge in [-0.05, 0) is 53.9 Å². The molecule has 10 heteroatoms. The molecule has 0 spiro atoms. The maximum Gasteiger partial charge on any atom is 0.301 e. The molecule has 1 aliphatic rings. The van der Waals surface area contributed by atoms with Crippen molar-refractivity contribution in [2.24, 2.45) is 0 Å². The molecule has 1 fully saturated rings. The van der Waals surface area contributed by atoms with E-state index in [1.54, 1.807) is 48.5 Å². The number of amides is 1. The van der Waals surface area contributed by atoms with Crippen molar-refractivity contribution in [3.8, 4) is 5.75 Å². The topological polar surface area (TPSA) is 92.6 Å². The number of ketones is 1. The van der Waals surface area contributed by atoms with Crippen LogP contribution in [0.15, 0.2) is 88.8 Å². The first-order chi connectivity index (χ1) is 19.5. The van der Waals surface area contributed by atoms with Gasteiger partial charge in [0.05, 0.1) is 18.2 Å². The SMILES string of the molecule is CCCCOc1ccc(/C(O)=C2\C(=O)C(=O)N(c3nnc(SCc4ccccc4)s3)C2c2ccc(Cl)cc2)cc1. The van der Waals surface area contributed by atoms with E-state index in [2.05, 4.69) is 17.1 Å². The molecule has 0 aliphatic carbocycles. The van der Waals surface area contributed by atoms with E-state index in [-0.39, 0.29) is 16.5 Å². The number of hydrogen-bond acceptors (Lipinski definition) is 8. The summed E-state index contributed by atoms with van der Waals surface area (Å²) >= 11 is 8.85. The molecule has 0 saturated carbocycles. The van der Waals surface area contributed by atoms with Gasteiger partial charge in [0.2, 0.25) is 5.13 Å². The van der Waals surface area contributed by atoms with Gasteiger partial charge in [0.1, 0.15) is 11.5 Å². The Hall–Kier alpha value is -3.66. The molecule has 0 radical (unpaired) electrons. The van der Waals surface area contributed by atoms with Crippen LogP contribution in [0.4, 0.5) is 5.13 Å². The number of aromatic nitrogens is 2. The Kier molecular flexibility index (Phi) is 8.84. The molecular weight excluding hydrogens is 566 g/mol. The Balaban J connectivity index is 1.49. The highest BCUT2D eigenvalue weighted by Crippen LogP contribution is 2.44. The number of carbonyl (C=O) groups is 2. The number of unbranched alkanes of at least 4 members (excludes halogenated alkanes) is 1. The fourth-order valence-corrected chi connectivity index (χ4v) is 6.22. The number of hydrogen-bond donors (Lipinski definition) is 1. The van der Waals surface area contributed by atoms with Gasteiger partial charge in [0.15, 0.2) is 4.34 Å². The standard InChI is InChI=1S/C30H26ClN3O4S2/c1-2-3-17-38-23-15-11-21(12-16-23)26(35)24-25(20-9-13-22(31)14-10-20)34(28(37)27(24)36)29-32-33-30(40-29)39-18-19-7-5-4-6-8-19/h4-16,25,35H,2-3,17-18H2,1H3/b26-24+. The lowest BCUT2D eigenvalue weighted by Crippen LogP contribution is -2.29. The Morgan fingerprint density at radius 2 is 1.75 bits per heavy atom. The molecular formula is C30H26ClN3O4S2. The van der Waals surface area contributed by atoms with Crippen LogP contribution in [-0.4, -0.2) is 33.6 Å². The molecule has 1 atom stereocenters. The molecule has 4 aromatic rings. The molecule has 40 heavy (non-hydrogen) atoms. The Morgan fingerprint density at radius 3 is 2.45 bits per heavy atom. The van der Waals surface area contributed by atoms with Gasteiger partial charge >= 0.3 is 5.91 Å². The fourth-order valence-electron chi connectivity index (χ4n) is 4.27. The van der Waals surface area contributed by atoms with E-state index < -0.39 is 17.7 Å². The van der Waals surface area contributed by atoms with Gasteiger partial charge in [-0.25, -0.2) is 0 Å². The third-order valence-electron chi connectivity index (χ3n) is 6.33. The molecule has 1 aliphatic heterocycles. The molecule has 1 aromatic heterocycles. The number of Topliss-reactive ketones (excluding diaryl/α,β-unsaturated/α-hetero) is 1. The third-order valence-corrected chi connectivity index (χ3v) is 8.71. The maximum absolute atomic E-state index is 13.4. The van der Waals surface area contributed by atoms with Crippen LogP contribution in [0.1, 0.15) is 42.5 Å². The number of aliphatic hydroxyl groups is 1. The van der Waals surface area contributed by atoms with Gasteiger partial charge in [-0.3, -0.25) is 14.5 Å². The van der Waals surface area contributed by atoms with E-state index >= 15 is 0 Å². The molecule has 1 amide bonds. The van der Waals surface area contributed by atoms with Crippen LogP contribution < -0.4 is 9.64 Å². The highest BCUT2D eigenvalue weighted by atomic mass is 35.5. The van der Waals surface area contributed by atoms with Gasteiger partial charge in [-0.1, -0.05) is 90.5 Å². The molecule has 7 nitrogen and oxygen atoms in total. The van der Waals surface area contributed by atoms with Crippen molar-refractivity contribution in [1.82, 2.24) is 10.2 Å². The van der Waals surface area contributed by atoms with Crippen molar-refractivity contribution in [3.63, 3.8) is 0 Å². The predicted molar refractivity (Wildman–Crippen MR) is 159 cm³/mol. The molecule has 204 valence electrons. The van der Waals surface area contributed by atoms with E-state index in [0.29, 0.717) is 38.6 Å². The Morgan fingerprint density at radius 1 is 1.02 bits per heavy atom. The first-order valence-electron chi connectivity index (χ1n) is 12.8. The fraction of sp³-hybridized carbons (Fsp3) is 0.200. The normalized spacial score (nSPS) is 16.4. The van der Waals surface area contributed by atoms with E-state index in [1.165, 1.54) is 28.0 Å². The average Bonchev–Trinajstić information content (AvgIpc) is 3.55. The van der Waals surface area contributed by atoms with Crippen molar-refractivity contribution >= 4 is 57.3 Å². The summed E-state index contributed by atoms with van der Waals surface area (Å²) in [7, 11) is 0. The summed E-state index contributed by atoms with van der Waals surface area (Å²) in [6, 6.07) is 22.7. The zero-order chi connectivity index (χ0) is 28.1. The van der Waals surface area contributed by atoms with E-state index in [9.17, 15) is 14.7 Å². The number of halogens is 1. The Bertz CT molecular complexity index is 1520. The van der Waals surface area contributed by atoms with Gasteiger partial charge in [-0.15, -0.1) is 10.2 Å². The molecule has 2 heterocycles. The van der Waals surface area contributed by atoms with Crippen LogP contribution in [-0.2, 0) is 15.3 Å². The summed E-state index contributed by atoms with van der Waals surface area (Å²) in [5, 5.41) is 20.7. The van der Waals surface area contributed by atoms with Crippen LogP contribution in [0.3, 0.4) is 0 Å². The number of aliphatic hydroxyl groups excluding tert-OH is 1. The number of ether oxygens (including phenoxy) is 1. The number of thioether (sulfide) groups is 1.